The van der Waals surface area contributed by atoms with Crippen LogP contribution < -0.4 is 15.8 Å². The fourth-order valence-corrected chi connectivity index (χ4v) is 2.17. The lowest BCUT2D eigenvalue weighted by molar-refractivity contribution is -0.117. The van der Waals surface area contributed by atoms with Crippen LogP contribution in [0.15, 0.2) is 48.5 Å². The number of anilines is 1. The van der Waals surface area contributed by atoms with Crippen molar-refractivity contribution in [1.82, 2.24) is 0 Å². The number of ether oxygens (including phenoxy) is 1. The third-order valence-corrected chi connectivity index (χ3v) is 3.40. The highest BCUT2D eigenvalue weighted by Gasteiger charge is 2.16. The molecule has 0 spiro atoms. The standard InChI is InChI=1S/C17H19ClN2O2.ClH/c1-2-10-22-15-9-8-13(11-14(15)18)20-17(21)16(19)12-6-4-3-5-7-12;/h3-9,11,16H,2,10,19H2,1H3,(H,20,21);1H/t16-;/m1./s1. The average Bonchev–Trinajstić information content (AvgIpc) is 2.54. The first-order valence-electron chi connectivity index (χ1n) is 7.15. The second-order valence-corrected chi connectivity index (χ2v) is 5.28. The molecule has 0 saturated carbocycles. The molecular weight excluding hydrogens is 335 g/mol. The van der Waals surface area contributed by atoms with Crippen molar-refractivity contribution >= 4 is 35.6 Å². The summed E-state index contributed by atoms with van der Waals surface area (Å²) in [6.45, 7) is 2.62. The van der Waals surface area contributed by atoms with Gasteiger partial charge in [0.05, 0.1) is 11.6 Å². The minimum absolute atomic E-state index is 0. The summed E-state index contributed by atoms with van der Waals surface area (Å²) in [6, 6.07) is 13.6. The van der Waals surface area contributed by atoms with Crippen LogP contribution in [0.4, 0.5) is 5.69 Å². The van der Waals surface area contributed by atoms with Gasteiger partial charge < -0.3 is 15.8 Å². The molecule has 23 heavy (non-hydrogen) atoms. The summed E-state index contributed by atoms with van der Waals surface area (Å²) in [5.41, 5.74) is 7.30. The minimum atomic E-state index is -0.726. The van der Waals surface area contributed by atoms with Crippen molar-refractivity contribution in [1.29, 1.82) is 0 Å². The average molecular weight is 355 g/mol. The maximum absolute atomic E-state index is 12.2. The summed E-state index contributed by atoms with van der Waals surface area (Å²) in [5.74, 6) is 0.318. The second-order valence-electron chi connectivity index (χ2n) is 4.87. The summed E-state index contributed by atoms with van der Waals surface area (Å²) in [4.78, 5) is 12.2. The lowest BCUT2D eigenvalue weighted by Gasteiger charge is -2.14. The predicted octanol–water partition coefficient (Wildman–Crippen LogP) is 4.19. The van der Waals surface area contributed by atoms with Crippen LogP contribution in [0.3, 0.4) is 0 Å². The Balaban J connectivity index is 0.00000264. The molecule has 0 fully saturated rings. The molecule has 0 aliphatic rings. The van der Waals surface area contributed by atoms with Crippen LogP contribution in [0.5, 0.6) is 5.75 Å². The Bertz CT molecular complexity index is 636. The molecule has 6 heteroatoms. The van der Waals surface area contributed by atoms with Crippen LogP contribution >= 0.6 is 24.0 Å². The van der Waals surface area contributed by atoms with Gasteiger partial charge in [-0.05, 0) is 30.2 Å². The summed E-state index contributed by atoms with van der Waals surface area (Å²) in [7, 11) is 0. The topological polar surface area (TPSA) is 64.3 Å². The monoisotopic (exact) mass is 354 g/mol. The fraction of sp³-hybridized carbons (Fsp3) is 0.235. The molecule has 0 radical (unpaired) electrons. The summed E-state index contributed by atoms with van der Waals surface area (Å²) < 4.78 is 5.49. The van der Waals surface area contributed by atoms with Crippen molar-refractivity contribution in [2.75, 3.05) is 11.9 Å². The normalized spacial score (nSPS) is 11.3. The number of carbonyl (C=O) groups excluding carboxylic acids is 1. The van der Waals surface area contributed by atoms with Crippen LogP contribution in [0.1, 0.15) is 24.9 Å². The zero-order valence-corrected chi connectivity index (χ0v) is 14.4. The van der Waals surface area contributed by atoms with Crippen LogP contribution in [0.25, 0.3) is 0 Å². The molecule has 0 aromatic heterocycles. The van der Waals surface area contributed by atoms with Gasteiger partial charge in [0.15, 0.2) is 0 Å². The van der Waals surface area contributed by atoms with E-state index < -0.39 is 6.04 Å². The number of carbonyl (C=O) groups is 1. The number of benzene rings is 2. The Morgan fingerprint density at radius 2 is 1.96 bits per heavy atom. The van der Waals surface area contributed by atoms with E-state index in [0.717, 1.165) is 12.0 Å². The zero-order valence-electron chi connectivity index (χ0n) is 12.8. The number of hydrogen-bond donors (Lipinski definition) is 2. The van der Waals surface area contributed by atoms with Crippen molar-refractivity contribution in [3.63, 3.8) is 0 Å². The molecule has 0 aliphatic heterocycles. The van der Waals surface area contributed by atoms with Gasteiger partial charge >= 0.3 is 0 Å². The van der Waals surface area contributed by atoms with E-state index in [0.29, 0.717) is 23.1 Å². The van der Waals surface area contributed by atoms with Gasteiger partial charge in [0.1, 0.15) is 11.8 Å². The number of rotatable bonds is 6. The Labute approximate surface area is 147 Å². The molecule has 0 unspecified atom stereocenters. The first kappa shape index (κ1) is 19.3. The SMILES string of the molecule is CCCOc1ccc(NC(=O)[C@H](N)c2ccccc2)cc1Cl.Cl. The third kappa shape index (κ3) is 5.43. The van der Waals surface area contributed by atoms with E-state index in [-0.39, 0.29) is 18.3 Å². The van der Waals surface area contributed by atoms with Crippen molar-refractivity contribution in [3.05, 3.63) is 59.1 Å². The van der Waals surface area contributed by atoms with Crippen LogP contribution in [0.2, 0.25) is 5.02 Å². The van der Waals surface area contributed by atoms with E-state index in [9.17, 15) is 4.79 Å². The number of nitrogens with one attached hydrogen (secondary N) is 1. The number of halogens is 2. The highest BCUT2D eigenvalue weighted by atomic mass is 35.5. The van der Waals surface area contributed by atoms with E-state index in [1.807, 2.05) is 37.3 Å². The number of hydrogen-bond acceptors (Lipinski definition) is 3. The van der Waals surface area contributed by atoms with E-state index in [4.69, 9.17) is 22.1 Å². The van der Waals surface area contributed by atoms with E-state index in [1.54, 1.807) is 18.2 Å². The Hall–Kier alpha value is -1.75. The van der Waals surface area contributed by atoms with Gasteiger partial charge in [-0.2, -0.15) is 0 Å². The zero-order chi connectivity index (χ0) is 15.9. The lowest BCUT2D eigenvalue weighted by atomic mass is 10.1. The van der Waals surface area contributed by atoms with Crippen LogP contribution in [-0.2, 0) is 4.79 Å². The quantitative estimate of drug-likeness (QED) is 0.817. The van der Waals surface area contributed by atoms with Crippen molar-refractivity contribution in [3.8, 4) is 5.75 Å². The van der Waals surface area contributed by atoms with Crippen LogP contribution in [-0.4, -0.2) is 12.5 Å². The van der Waals surface area contributed by atoms with Gasteiger partial charge in [-0.1, -0.05) is 48.9 Å². The van der Waals surface area contributed by atoms with Gasteiger partial charge in [-0.3, -0.25) is 4.79 Å². The van der Waals surface area contributed by atoms with Gasteiger partial charge in [0.2, 0.25) is 5.91 Å². The maximum atomic E-state index is 12.2. The maximum Gasteiger partial charge on any atom is 0.245 e. The molecule has 2 rings (SSSR count). The second kappa shape index (κ2) is 9.40. The number of amides is 1. The lowest BCUT2D eigenvalue weighted by Crippen LogP contribution is -2.27. The van der Waals surface area contributed by atoms with Gasteiger partial charge in [-0.15, -0.1) is 12.4 Å². The first-order valence-corrected chi connectivity index (χ1v) is 7.53. The molecule has 0 heterocycles. The highest BCUT2D eigenvalue weighted by molar-refractivity contribution is 6.32. The van der Waals surface area contributed by atoms with E-state index in [2.05, 4.69) is 5.32 Å². The largest absolute Gasteiger partial charge is 0.492 e. The Kier molecular flexibility index (Phi) is 7.89. The van der Waals surface area contributed by atoms with E-state index in [1.165, 1.54) is 0 Å². The molecule has 1 amide bonds. The minimum Gasteiger partial charge on any atom is -0.492 e. The predicted molar refractivity (Wildman–Crippen MR) is 96.5 cm³/mol. The molecule has 2 aromatic rings. The van der Waals surface area contributed by atoms with E-state index >= 15 is 0 Å². The smallest absolute Gasteiger partial charge is 0.245 e. The molecule has 0 aliphatic carbocycles. The first-order chi connectivity index (χ1) is 10.6. The van der Waals surface area contributed by atoms with Gasteiger partial charge in [0.25, 0.3) is 0 Å². The molecular formula is C17H20Cl2N2O2. The van der Waals surface area contributed by atoms with Crippen molar-refractivity contribution in [2.45, 2.75) is 19.4 Å². The third-order valence-electron chi connectivity index (χ3n) is 3.10. The highest BCUT2D eigenvalue weighted by Crippen LogP contribution is 2.28. The Morgan fingerprint density at radius 1 is 1.26 bits per heavy atom. The summed E-state index contributed by atoms with van der Waals surface area (Å²) in [6.07, 6.45) is 0.904. The molecule has 3 N–H and O–H groups in total. The Morgan fingerprint density at radius 3 is 2.57 bits per heavy atom. The molecule has 1 atom stereocenters. The summed E-state index contributed by atoms with van der Waals surface area (Å²) >= 11 is 6.14. The van der Waals surface area contributed by atoms with Gasteiger partial charge in [0, 0.05) is 5.69 Å². The molecule has 0 saturated heterocycles. The summed E-state index contributed by atoms with van der Waals surface area (Å²) in [5, 5.41) is 3.22. The van der Waals surface area contributed by atoms with Crippen molar-refractivity contribution < 1.29 is 9.53 Å². The molecule has 0 bridgehead atoms. The van der Waals surface area contributed by atoms with Crippen LogP contribution in [0, 0.1) is 0 Å². The molecule has 4 nitrogen and oxygen atoms in total. The number of nitrogens with two attached hydrogens (primary N) is 1. The fourth-order valence-electron chi connectivity index (χ4n) is 1.94. The molecule has 124 valence electrons. The van der Waals surface area contributed by atoms with Gasteiger partial charge in [-0.25, -0.2) is 0 Å². The van der Waals surface area contributed by atoms with Crippen molar-refractivity contribution in [2.24, 2.45) is 5.73 Å². The molecule has 2 aromatic carbocycles.